The van der Waals surface area contributed by atoms with Crippen LogP contribution in [-0.2, 0) is 11.2 Å². The van der Waals surface area contributed by atoms with Gasteiger partial charge in [0.1, 0.15) is 0 Å². The second kappa shape index (κ2) is 8.98. The minimum Gasteiger partial charge on any atom is -0.394 e. The fourth-order valence-corrected chi connectivity index (χ4v) is 1.91. The minimum absolute atomic E-state index is 0.00497. The van der Waals surface area contributed by atoms with E-state index < -0.39 is 9.85 Å². The van der Waals surface area contributed by atoms with Gasteiger partial charge in [0.2, 0.25) is 0 Å². The lowest BCUT2D eigenvalue weighted by Crippen LogP contribution is -2.01. The molecule has 1 aromatic carbocycles. The third-order valence-corrected chi connectivity index (χ3v) is 2.95. The summed E-state index contributed by atoms with van der Waals surface area (Å²) in [5.41, 5.74) is 0.0189. The smallest absolute Gasteiger partial charge is 0.279 e. The van der Waals surface area contributed by atoms with Gasteiger partial charge in [0.25, 0.3) is 11.4 Å². The fourth-order valence-electron chi connectivity index (χ4n) is 1.91. The van der Waals surface area contributed by atoms with Gasteiger partial charge in [-0.05, 0) is 25.3 Å². The first-order valence-electron chi connectivity index (χ1n) is 6.66. The molecule has 0 fully saturated rings. The van der Waals surface area contributed by atoms with E-state index in [1.165, 1.54) is 12.1 Å². The van der Waals surface area contributed by atoms with Gasteiger partial charge in [-0.3, -0.25) is 20.2 Å². The number of unbranched alkanes of at least 4 members (excludes halogenated alkanes) is 2. The van der Waals surface area contributed by atoms with Crippen molar-refractivity contribution in [2.24, 2.45) is 0 Å². The van der Waals surface area contributed by atoms with Gasteiger partial charge in [0.05, 0.1) is 29.1 Å². The van der Waals surface area contributed by atoms with Gasteiger partial charge in [-0.1, -0.05) is 6.42 Å². The summed E-state index contributed by atoms with van der Waals surface area (Å²) in [6.45, 7) is 0.853. The topological polar surface area (TPSA) is 116 Å². The number of aliphatic hydroxyl groups excluding tert-OH is 1. The molecule has 8 heteroatoms. The average Bonchev–Trinajstić information content (AvgIpc) is 2.46. The highest BCUT2D eigenvalue weighted by molar-refractivity contribution is 5.49. The van der Waals surface area contributed by atoms with Crippen LogP contribution in [0.15, 0.2) is 18.2 Å². The number of nitrogens with zero attached hydrogens (tertiary/aromatic N) is 2. The van der Waals surface area contributed by atoms with Crippen molar-refractivity contribution in [3.63, 3.8) is 0 Å². The van der Waals surface area contributed by atoms with Crippen molar-refractivity contribution in [2.75, 3.05) is 19.8 Å². The normalized spacial score (nSPS) is 10.5. The molecule has 116 valence electrons. The van der Waals surface area contributed by atoms with Crippen molar-refractivity contribution < 1.29 is 19.7 Å². The van der Waals surface area contributed by atoms with Crippen molar-refractivity contribution in [1.29, 1.82) is 0 Å². The van der Waals surface area contributed by atoms with Crippen molar-refractivity contribution >= 4 is 11.4 Å². The van der Waals surface area contributed by atoms with Gasteiger partial charge >= 0.3 is 0 Å². The molecular weight excluding hydrogens is 280 g/mol. The molecule has 0 aliphatic carbocycles. The largest absolute Gasteiger partial charge is 0.394 e. The molecule has 1 rings (SSSR count). The second-order valence-corrected chi connectivity index (χ2v) is 4.47. The van der Waals surface area contributed by atoms with E-state index in [0.717, 1.165) is 25.3 Å². The summed E-state index contributed by atoms with van der Waals surface area (Å²) >= 11 is 0. The van der Waals surface area contributed by atoms with Crippen LogP contribution in [0.25, 0.3) is 0 Å². The van der Waals surface area contributed by atoms with Crippen LogP contribution in [0.5, 0.6) is 0 Å². The van der Waals surface area contributed by atoms with Gasteiger partial charge in [0.15, 0.2) is 0 Å². The quantitative estimate of drug-likeness (QED) is 0.402. The molecule has 21 heavy (non-hydrogen) atoms. The zero-order valence-corrected chi connectivity index (χ0v) is 11.6. The Hall–Kier alpha value is -2.06. The van der Waals surface area contributed by atoms with E-state index in [0.29, 0.717) is 25.2 Å². The maximum Gasteiger partial charge on any atom is 0.279 e. The first kappa shape index (κ1) is 17.0. The number of non-ortho nitro benzene ring substituents is 1. The van der Waals surface area contributed by atoms with Crippen LogP contribution >= 0.6 is 0 Å². The Morgan fingerprint density at radius 3 is 2.43 bits per heavy atom. The number of aryl methyl sites for hydroxylation is 1. The minimum atomic E-state index is -0.644. The molecule has 0 radical (unpaired) electrons. The first-order chi connectivity index (χ1) is 10.1. The van der Waals surface area contributed by atoms with Crippen molar-refractivity contribution in [1.82, 2.24) is 0 Å². The van der Waals surface area contributed by atoms with E-state index in [1.54, 1.807) is 0 Å². The Bertz CT molecular complexity index is 492. The number of hydrogen-bond donors (Lipinski definition) is 1. The van der Waals surface area contributed by atoms with Gasteiger partial charge in [-0.25, -0.2) is 0 Å². The van der Waals surface area contributed by atoms with E-state index >= 15 is 0 Å². The second-order valence-electron chi connectivity index (χ2n) is 4.47. The van der Waals surface area contributed by atoms with Gasteiger partial charge in [-0.2, -0.15) is 0 Å². The summed E-state index contributed by atoms with van der Waals surface area (Å²) < 4.78 is 5.11. The number of aliphatic hydroxyl groups is 1. The van der Waals surface area contributed by atoms with Crippen LogP contribution in [0.2, 0.25) is 0 Å². The standard InChI is InChI=1S/C13H18N2O6/c16-7-9-21-8-3-1-2-4-11-5-6-12(14(17)18)10-13(11)15(19)20/h5-6,10,16H,1-4,7-9H2. The van der Waals surface area contributed by atoms with Crippen LogP contribution in [0.4, 0.5) is 11.4 Å². The molecule has 0 bridgehead atoms. The summed E-state index contributed by atoms with van der Waals surface area (Å²) in [6.07, 6.45) is 2.87. The summed E-state index contributed by atoms with van der Waals surface area (Å²) in [6, 6.07) is 3.73. The van der Waals surface area contributed by atoms with Crippen molar-refractivity contribution in [2.45, 2.75) is 25.7 Å². The summed E-state index contributed by atoms with van der Waals surface area (Å²) in [7, 11) is 0. The molecule has 0 aliphatic rings. The summed E-state index contributed by atoms with van der Waals surface area (Å²) in [5.74, 6) is 0. The maximum atomic E-state index is 10.9. The number of rotatable bonds is 10. The highest BCUT2D eigenvalue weighted by Crippen LogP contribution is 2.26. The van der Waals surface area contributed by atoms with Gasteiger partial charge in [0, 0.05) is 18.2 Å². The van der Waals surface area contributed by atoms with Crippen LogP contribution in [-0.4, -0.2) is 34.8 Å². The number of nitro benzene ring substituents is 2. The fraction of sp³-hybridized carbons (Fsp3) is 0.538. The predicted molar refractivity (Wildman–Crippen MR) is 75.2 cm³/mol. The lowest BCUT2D eigenvalue weighted by Gasteiger charge is -2.04. The van der Waals surface area contributed by atoms with Crippen LogP contribution in [0.1, 0.15) is 24.8 Å². The number of nitro groups is 2. The molecule has 0 aromatic heterocycles. The first-order valence-corrected chi connectivity index (χ1v) is 6.66. The van der Waals surface area contributed by atoms with Crippen LogP contribution in [0, 0.1) is 20.2 Å². The third kappa shape index (κ3) is 5.84. The van der Waals surface area contributed by atoms with Crippen molar-refractivity contribution in [3.8, 4) is 0 Å². The maximum absolute atomic E-state index is 10.9. The Morgan fingerprint density at radius 1 is 1.05 bits per heavy atom. The van der Waals surface area contributed by atoms with E-state index in [-0.39, 0.29) is 18.0 Å². The zero-order valence-electron chi connectivity index (χ0n) is 11.6. The summed E-state index contributed by atoms with van der Waals surface area (Å²) in [4.78, 5) is 20.3. The molecule has 0 aliphatic heterocycles. The number of hydrogen-bond acceptors (Lipinski definition) is 6. The van der Waals surface area contributed by atoms with E-state index in [9.17, 15) is 20.2 Å². The molecule has 0 saturated heterocycles. The average molecular weight is 298 g/mol. The third-order valence-electron chi connectivity index (χ3n) is 2.95. The van der Waals surface area contributed by atoms with E-state index in [2.05, 4.69) is 0 Å². The van der Waals surface area contributed by atoms with Gasteiger partial charge < -0.3 is 9.84 Å². The Kier molecular flexibility index (Phi) is 7.27. The molecule has 1 aromatic rings. The number of ether oxygens (including phenoxy) is 1. The molecule has 0 amide bonds. The lowest BCUT2D eigenvalue weighted by molar-refractivity contribution is -0.394. The molecule has 0 atom stereocenters. The molecule has 0 unspecified atom stereocenters. The zero-order chi connectivity index (χ0) is 15.7. The number of benzene rings is 1. The lowest BCUT2D eigenvalue weighted by atomic mass is 10.0. The molecule has 0 saturated carbocycles. The van der Waals surface area contributed by atoms with Crippen LogP contribution in [0.3, 0.4) is 0 Å². The predicted octanol–water partition coefficient (Wildman–Crippen LogP) is 2.22. The van der Waals surface area contributed by atoms with Crippen molar-refractivity contribution in [3.05, 3.63) is 44.0 Å². The highest BCUT2D eigenvalue weighted by atomic mass is 16.6. The molecule has 0 spiro atoms. The van der Waals surface area contributed by atoms with E-state index in [4.69, 9.17) is 9.84 Å². The molecule has 8 nitrogen and oxygen atoms in total. The Labute approximate surface area is 121 Å². The van der Waals surface area contributed by atoms with Crippen LogP contribution < -0.4 is 0 Å². The SMILES string of the molecule is O=[N+]([O-])c1ccc(CCCCCOCCO)c([N+](=O)[O-])c1. The summed E-state index contributed by atoms with van der Waals surface area (Å²) in [5, 5.41) is 30.1. The molecule has 0 heterocycles. The van der Waals surface area contributed by atoms with E-state index in [1.807, 2.05) is 0 Å². The Balaban J connectivity index is 2.51. The monoisotopic (exact) mass is 298 g/mol. The Morgan fingerprint density at radius 2 is 1.81 bits per heavy atom. The van der Waals surface area contributed by atoms with Gasteiger partial charge in [-0.15, -0.1) is 0 Å². The molecular formula is C13H18N2O6. The highest BCUT2D eigenvalue weighted by Gasteiger charge is 2.18. The molecule has 1 N–H and O–H groups in total.